The average molecular weight is 223 g/mol. The molecule has 1 aromatic carbocycles. The first kappa shape index (κ1) is 12.3. The van der Waals surface area contributed by atoms with Gasteiger partial charge in [0.05, 0.1) is 7.11 Å². The maximum Gasteiger partial charge on any atom is 0.183 e. The second-order valence-corrected chi connectivity index (χ2v) is 2.92. The van der Waals surface area contributed by atoms with Crippen molar-refractivity contribution < 1.29 is 14.2 Å². The Balaban J connectivity index is 3.23. The fraction of sp³-hybridized carbons (Fsp3) is 0.400. The van der Waals surface area contributed by atoms with Crippen LogP contribution in [0.1, 0.15) is 11.9 Å². The third-order valence-electron chi connectivity index (χ3n) is 2.07. The lowest BCUT2D eigenvalue weighted by atomic mass is 10.1. The Morgan fingerprint density at radius 3 is 2.44 bits per heavy atom. The molecule has 0 unspecified atom stereocenters. The Morgan fingerprint density at radius 2 is 1.94 bits per heavy atom. The van der Waals surface area contributed by atoms with Crippen LogP contribution in [0, 0.1) is 0 Å². The molecule has 86 valence electrons. The summed E-state index contributed by atoms with van der Waals surface area (Å²) in [5.41, 5.74) is 9.53. The first-order valence-corrected chi connectivity index (χ1v) is 4.55. The molecule has 0 saturated carbocycles. The highest BCUT2D eigenvalue weighted by Gasteiger charge is 2.14. The number of azide groups is 1. The number of hydrogen-bond acceptors (Lipinski definition) is 4. The van der Waals surface area contributed by atoms with Gasteiger partial charge in [0.15, 0.2) is 6.29 Å². The van der Waals surface area contributed by atoms with Gasteiger partial charge in [-0.3, -0.25) is 0 Å². The average Bonchev–Trinajstić information content (AvgIpc) is 2.33. The molecule has 0 bridgehead atoms. The van der Waals surface area contributed by atoms with E-state index in [-0.39, 0.29) is 0 Å². The maximum atomic E-state index is 8.44. The number of ether oxygens (including phenoxy) is 3. The molecule has 0 aliphatic rings. The topological polar surface area (TPSA) is 76.5 Å². The van der Waals surface area contributed by atoms with Crippen LogP contribution in [0.4, 0.5) is 5.69 Å². The zero-order chi connectivity index (χ0) is 12.0. The maximum absolute atomic E-state index is 8.44. The zero-order valence-electron chi connectivity index (χ0n) is 9.38. The van der Waals surface area contributed by atoms with Crippen LogP contribution in [0.15, 0.2) is 23.3 Å². The van der Waals surface area contributed by atoms with Crippen molar-refractivity contribution in [3.8, 4) is 5.75 Å². The molecule has 0 saturated heterocycles. The van der Waals surface area contributed by atoms with Crippen LogP contribution >= 0.6 is 0 Å². The summed E-state index contributed by atoms with van der Waals surface area (Å²) in [6.45, 7) is 0. The van der Waals surface area contributed by atoms with E-state index in [1.54, 1.807) is 25.3 Å². The molecular weight excluding hydrogens is 210 g/mol. The molecule has 6 nitrogen and oxygen atoms in total. The minimum Gasteiger partial charge on any atom is -0.497 e. The van der Waals surface area contributed by atoms with Crippen molar-refractivity contribution in [2.45, 2.75) is 6.29 Å². The molecule has 0 aliphatic carbocycles. The monoisotopic (exact) mass is 223 g/mol. The summed E-state index contributed by atoms with van der Waals surface area (Å²) < 4.78 is 15.3. The SMILES string of the molecule is COc1ccc(N=[N+]=[N-])c(C(OC)OC)c1. The minimum absolute atomic E-state index is 0.456. The summed E-state index contributed by atoms with van der Waals surface area (Å²) in [5.74, 6) is 0.644. The number of benzene rings is 1. The molecule has 0 aliphatic heterocycles. The fourth-order valence-electron chi connectivity index (χ4n) is 1.34. The predicted molar refractivity (Wildman–Crippen MR) is 58.6 cm³/mol. The van der Waals surface area contributed by atoms with Gasteiger partial charge in [-0.2, -0.15) is 0 Å². The van der Waals surface area contributed by atoms with Crippen molar-refractivity contribution in [1.82, 2.24) is 0 Å². The molecule has 16 heavy (non-hydrogen) atoms. The highest BCUT2D eigenvalue weighted by atomic mass is 16.7. The molecule has 1 rings (SSSR count). The normalized spacial score (nSPS) is 10.0. The minimum atomic E-state index is -0.587. The number of rotatable bonds is 5. The van der Waals surface area contributed by atoms with Crippen molar-refractivity contribution in [3.63, 3.8) is 0 Å². The summed E-state index contributed by atoms with van der Waals surface area (Å²) in [5, 5.41) is 3.56. The van der Waals surface area contributed by atoms with Gasteiger partial charge in [0, 0.05) is 30.4 Å². The van der Waals surface area contributed by atoms with E-state index >= 15 is 0 Å². The van der Waals surface area contributed by atoms with Gasteiger partial charge in [0.1, 0.15) is 5.75 Å². The molecule has 0 amide bonds. The Hall–Kier alpha value is -1.75. The largest absolute Gasteiger partial charge is 0.497 e. The third-order valence-corrected chi connectivity index (χ3v) is 2.07. The van der Waals surface area contributed by atoms with Crippen LogP contribution in [-0.2, 0) is 9.47 Å². The van der Waals surface area contributed by atoms with E-state index in [4.69, 9.17) is 19.7 Å². The quantitative estimate of drug-likeness (QED) is 0.333. The summed E-state index contributed by atoms with van der Waals surface area (Å²) in [7, 11) is 4.57. The number of methoxy groups -OCH3 is 3. The van der Waals surface area contributed by atoms with Crippen LogP contribution in [0.25, 0.3) is 10.4 Å². The number of hydrogen-bond donors (Lipinski definition) is 0. The smallest absolute Gasteiger partial charge is 0.183 e. The van der Waals surface area contributed by atoms with Gasteiger partial charge in [-0.1, -0.05) is 5.11 Å². The standard InChI is InChI=1S/C10H13N3O3/c1-14-7-4-5-9(12-13-11)8(6-7)10(15-2)16-3/h4-6,10H,1-3H3. The molecule has 0 radical (unpaired) electrons. The van der Waals surface area contributed by atoms with E-state index in [0.717, 1.165) is 0 Å². The Bertz CT molecular complexity index is 398. The van der Waals surface area contributed by atoms with Crippen molar-refractivity contribution in [1.29, 1.82) is 0 Å². The van der Waals surface area contributed by atoms with Crippen LogP contribution in [0.2, 0.25) is 0 Å². The van der Waals surface area contributed by atoms with Crippen LogP contribution in [0.3, 0.4) is 0 Å². The van der Waals surface area contributed by atoms with Crippen molar-refractivity contribution in [3.05, 3.63) is 34.2 Å². The first-order chi connectivity index (χ1) is 7.76. The summed E-state index contributed by atoms with van der Waals surface area (Å²) in [4.78, 5) is 2.75. The van der Waals surface area contributed by atoms with Crippen LogP contribution in [0.5, 0.6) is 5.75 Å². The lowest BCUT2D eigenvalue weighted by molar-refractivity contribution is -0.105. The molecule has 1 aromatic rings. The van der Waals surface area contributed by atoms with Gasteiger partial charge in [-0.15, -0.1) is 0 Å². The highest BCUT2D eigenvalue weighted by Crippen LogP contribution is 2.31. The molecular formula is C10H13N3O3. The van der Waals surface area contributed by atoms with Gasteiger partial charge >= 0.3 is 0 Å². The molecule has 0 N–H and O–H groups in total. The van der Waals surface area contributed by atoms with Crippen LogP contribution < -0.4 is 4.74 Å². The van der Waals surface area contributed by atoms with Crippen molar-refractivity contribution in [2.75, 3.05) is 21.3 Å². The van der Waals surface area contributed by atoms with E-state index in [1.165, 1.54) is 14.2 Å². The zero-order valence-corrected chi connectivity index (χ0v) is 9.38. The highest BCUT2D eigenvalue weighted by molar-refractivity contribution is 5.50. The summed E-state index contributed by atoms with van der Waals surface area (Å²) >= 11 is 0. The lowest BCUT2D eigenvalue weighted by Gasteiger charge is -2.16. The van der Waals surface area contributed by atoms with Gasteiger partial charge in [0.2, 0.25) is 0 Å². The van der Waals surface area contributed by atoms with E-state index in [2.05, 4.69) is 10.0 Å². The van der Waals surface area contributed by atoms with Gasteiger partial charge in [-0.05, 0) is 23.7 Å². The first-order valence-electron chi connectivity index (χ1n) is 4.55. The Morgan fingerprint density at radius 1 is 1.25 bits per heavy atom. The molecule has 0 heterocycles. The lowest BCUT2D eigenvalue weighted by Crippen LogP contribution is -2.04. The number of nitrogens with zero attached hydrogens (tertiary/aromatic N) is 3. The molecule has 0 aromatic heterocycles. The third kappa shape index (κ3) is 2.64. The van der Waals surface area contributed by atoms with Gasteiger partial charge in [-0.25, -0.2) is 0 Å². The summed E-state index contributed by atoms with van der Waals surface area (Å²) in [6, 6.07) is 5.07. The van der Waals surface area contributed by atoms with E-state index in [1.807, 2.05) is 0 Å². The second kappa shape index (κ2) is 5.97. The molecule has 0 spiro atoms. The van der Waals surface area contributed by atoms with Gasteiger partial charge < -0.3 is 14.2 Å². The molecule has 0 fully saturated rings. The fourth-order valence-corrected chi connectivity index (χ4v) is 1.34. The molecule has 6 heteroatoms. The second-order valence-electron chi connectivity index (χ2n) is 2.92. The van der Waals surface area contributed by atoms with E-state index < -0.39 is 6.29 Å². The van der Waals surface area contributed by atoms with Gasteiger partial charge in [0.25, 0.3) is 0 Å². The summed E-state index contributed by atoms with van der Waals surface area (Å²) in [6.07, 6.45) is -0.587. The van der Waals surface area contributed by atoms with Crippen molar-refractivity contribution >= 4 is 5.69 Å². The van der Waals surface area contributed by atoms with Crippen molar-refractivity contribution in [2.24, 2.45) is 5.11 Å². The Kier molecular flexibility index (Phi) is 4.60. The van der Waals surface area contributed by atoms with E-state index in [0.29, 0.717) is 17.0 Å². The van der Waals surface area contributed by atoms with Crippen LogP contribution in [-0.4, -0.2) is 21.3 Å². The predicted octanol–water partition coefficient (Wildman–Crippen LogP) is 2.93. The van der Waals surface area contributed by atoms with E-state index in [9.17, 15) is 0 Å². The molecule has 0 atom stereocenters. The Labute approximate surface area is 93.4 Å².